The zero-order valence-corrected chi connectivity index (χ0v) is 19.0. The number of rotatable bonds is 12. The van der Waals surface area contributed by atoms with Gasteiger partial charge in [-0.3, -0.25) is 4.79 Å². The lowest BCUT2D eigenvalue weighted by Gasteiger charge is -2.19. The number of unbranched alkanes of at least 4 members (excludes halogenated alkanes) is 4. The van der Waals surface area contributed by atoms with Gasteiger partial charge in [0.25, 0.3) is 0 Å². The number of aliphatic hydroxyl groups is 2. The van der Waals surface area contributed by atoms with Gasteiger partial charge >= 0.3 is 0 Å². The Bertz CT molecular complexity index is 593. The van der Waals surface area contributed by atoms with Crippen LogP contribution in [0.3, 0.4) is 0 Å². The van der Waals surface area contributed by atoms with E-state index in [4.69, 9.17) is 0 Å². The average molecular weight is 418 g/mol. The summed E-state index contributed by atoms with van der Waals surface area (Å²) in [5.41, 5.74) is 1.55. The van der Waals surface area contributed by atoms with Crippen molar-refractivity contribution in [2.45, 2.75) is 103 Å². The summed E-state index contributed by atoms with van der Waals surface area (Å²) in [5.74, 6) is 1.54. The van der Waals surface area contributed by atoms with Crippen LogP contribution in [0.1, 0.15) is 90.4 Å². The summed E-state index contributed by atoms with van der Waals surface area (Å²) in [6, 6.07) is 0. The quantitative estimate of drug-likeness (QED) is 0.347. The van der Waals surface area contributed by atoms with E-state index in [0.29, 0.717) is 24.2 Å². The standard InChI is InChI=1S/C26H43NO3/c1-2-3-5-11-22(28)13-14-23-24-18-20(17-21(24)19-25(23)29)10-6-4-7-12-26(30)27-15-8-9-16-27/h13-14,17,21-25,28-29H,2-12,15-16,18-19H2,1H3/t21-,22-,23+,24-,25+/m0/s1. The molecule has 4 nitrogen and oxygen atoms in total. The molecule has 0 spiro atoms. The fraction of sp³-hybridized carbons (Fsp3) is 0.808. The third kappa shape index (κ3) is 6.68. The van der Waals surface area contributed by atoms with E-state index in [1.165, 1.54) is 25.7 Å². The van der Waals surface area contributed by atoms with Gasteiger partial charge in [-0.1, -0.05) is 56.4 Å². The van der Waals surface area contributed by atoms with Crippen molar-refractivity contribution < 1.29 is 15.0 Å². The van der Waals surface area contributed by atoms with Gasteiger partial charge in [0, 0.05) is 25.4 Å². The molecule has 0 radical (unpaired) electrons. The van der Waals surface area contributed by atoms with Crippen molar-refractivity contribution in [3.8, 4) is 0 Å². The summed E-state index contributed by atoms with van der Waals surface area (Å²) in [6.07, 6.45) is 19.5. The van der Waals surface area contributed by atoms with Crippen LogP contribution in [0.15, 0.2) is 23.8 Å². The highest BCUT2D eigenvalue weighted by atomic mass is 16.3. The highest BCUT2D eigenvalue weighted by Crippen LogP contribution is 2.48. The Morgan fingerprint density at radius 3 is 2.77 bits per heavy atom. The molecule has 4 heteroatoms. The largest absolute Gasteiger partial charge is 0.392 e. The number of fused-ring (bicyclic) bond motifs is 1. The third-order valence-corrected chi connectivity index (χ3v) is 7.46. The molecule has 30 heavy (non-hydrogen) atoms. The molecule has 0 bridgehead atoms. The Hall–Kier alpha value is -1.13. The Balaban J connectivity index is 1.34. The molecule has 1 heterocycles. The first kappa shape index (κ1) is 23.5. The highest BCUT2D eigenvalue weighted by molar-refractivity contribution is 5.76. The van der Waals surface area contributed by atoms with E-state index in [2.05, 4.69) is 19.1 Å². The molecule has 0 aromatic heterocycles. The molecule has 3 aliphatic rings. The molecule has 2 fully saturated rings. The van der Waals surface area contributed by atoms with Crippen molar-refractivity contribution in [2.75, 3.05) is 13.1 Å². The van der Waals surface area contributed by atoms with Gasteiger partial charge in [-0.15, -0.1) is 0 Å². The number of aliphatic hydroxyl groups excluding tert-OH is 2. The highest BCUT2D eigenvalue weighted by Gasteiger charge is 2.43. The van der Waals surface area contributed by atoms with Crippen LogP contribution in [0.5, 0.6) is 0 Å². The normalized spacial score (nSPS) is 29.6. The zero-order chi connectivity index (χ0) is 21.3. The van der Waals surface area contributed by atoms with E-state index in [-0.39, 0.29) is 18.1 Å². The molecule has 2 aliphatic carbocycles. The number of hydrogen-bond donors (Lipinski definition) is 2. The summed E-state index contributed by atoms with van der Waals surface area (Å²) in [5, 5.41) is 20.7. The first-order valence-corrected chi connectivity index (χ1v) is 12.6. The number of hydrogen-bond acceptors (Lipinski definition) is 3. The van der Waals surface area contributed by atoms with Crippen LogP contribution >= 0.6 is 0 Å². The maximum Gasteiger partial charge on any atom is 0.222 e. The van der Waals surface area contributed by atoms with E-state index in [0.717, 1.165) is 64.5 Å². The predicted molar refractivity (Wildman–Crippen MR) is 122 cm³/mol. The second kappa shape index (κ2) is 12.0. The summed E-state index contributed by atoms with van der Waals surface area (Å²) in [7, 11) is 0. The summed E-state index contributed by atoms with van der Waals surface area (Å²) in [6.45, 7) is 4.10. The average Bonchev–Trinajstić information content (AvgIpc) is 3.43. The van der Waals surface area contributed by atoms with Crippen LogP contribution in [-0.4, -0.2) is 46.3 Å². The summed E-state index contributed by atoms with van der Waals surface area (Å²) < 4.78 is 0. The second-order valence-corrected chi connectivity index (χ2v) is 9.83. The molecule has 1 aliphatic heterocycles. The molecule has 0 unspecified atom stereocenters. The Labute approximate surface area is 183 Å². The molecule has 1 amide bonds. The maximum atomic E-state index is 12.1. The lowest BCUT2D eigenvalue weighted by Crippen LogP contribution is -2.27. The van der Waals surface area contributed by atoms with Gasteiger partial charge < -0.3 is 15.1 Å². The minimum atomic E-state index is -0.375. The number of likely N-dealkylation sites (tertiary alicyclic amines) is 1. The van der Waals surface area contributed by atoms with Crippen LogP contribution in [0.2, 0.25) is 0 Å². The van der Waals surface area contributed by atoms with E-state index >= 15 is 0 Å². The number of carbonyl (C=O) groups excluding carboxylic acids is 1. The number of amides is 1. The van der Waals surface area contributed by atoms with Crippen molar-refractivity contribution in [2.24, 2.45) is 17.8 Å². The number of nitrogens with zero attached hydrogens (tertiary/aromatic N) is 1. The number of carbonyl (C=O) groups is 1. The van der Waals surface area contributed by atoms with Gasteiger partial charge in [0.1, 0.15) is 0 Å². The topological polar surface area (TPSA) is 60.8 Å². The second-order valence-electron chi connectivity index (χ2n) is 9.83. The molecule has 3 rings (SSSR count). The first-order valence-electron chi connectivity index (χ1n) is 12.6. The number of allylic oxidation sites excluding steroid dienone is 2. The molecule has 0 aromatic rings. The Kier molecular flexibility index (Phi) is 9.45. The van der Waals surface area contributed by atoms with Gasteiger partial charge in [0.2, 0.25) is 5.91 Å². The van der Waals surface area contributed by atoms with Gasteiger partial charge in [-0.25, -0.2) is 0 Å². The van der Waals surface area contributed by atoms with Gasteiger partial charge in [-0.05, 0) is 63.2 Å². The fourth-order valence-electron chi connectivity index (χ4n) is 5.68. The van der Waals surface area contributed by atoms with Crippen molar-refractivity contribution in [3.63, 3.8) is 0 Å². The van der Waals surface area contributed by atoms with Crippen molar-refractivity contribution in [1.82, 2.24) is 4.90 Å². The Morgan fingerprint density at radius 2 is 2.00 bits per heavy atom. The molecular formula is C26H43NO3. The molecular weight excluding hydrogens is 374 g/mol. The van der Waals surface area contributed by atoms with Crippen molar-refractivity contribution in [3.05, 3.63) is 23.8 Å². The minimum absolute atomic E-state index is 0.183. The zero-order valence-electron chi connectivity index (χ0n) is 19.0. The van der Waals surface area contributed by atoms with Crippen molar-refractivity contribution >= 4 is 5.91 Å². The van der Waals surface area contributed by atoms with Crippen LogP contribution in [0, 0.1) is 17.8 Å². The molecule has 170 valence electrons. The lowest BCUT2D eigenvalue weighted by atomic mass is 9.88. The maximum absolute atomic E-state index is 12.1. The van der Waals surface area contributed by atoms with Gasteiger partial charge in [0.15, 0.2) is 0 Å². The van der Waals surface area contributed by atoms with Crippen molar-refractivity contribution in [1.29, 1.82) is 0 Å². The first-order chi connectivity index (χ1) is 14.6. The van der Waals surface area contributed by atoms with E-state index in [9.17, 15) is 15.0 Å². The van der Waals surface area contributed by atoms with Crippen LogP contribution in [0.25, 0.3) is 0 Å². The van der Waals surface area contributed by atoms with Gasteiger partial charge in [-0.2, -0.15) is 0 Å². The lowest BCUT2D eigenvalue weighted by molar-refractivity contribution is -0.130. The predicted octanol–water partition coefficient (Wildman–Crippen LogP) is 5.00. The molecule has 5 atom stereocenters. The summed E-state index contributed by atoms with van der Waals surface area (Å²) in [4.78, 5) is 14.1. The third-order valence-electron chi connectivity index (χ3n) is 7.46. The van der Waals surface area contributed by atoms with Crippen LogP contribution in [0.4, 0.5) is 0 Å². The Morgan fingerprint density at radius 1 is 1.20 bits per heavy atom. The minimum Gasteiger partial charge on any atom is -0.392 e. The fourth-order valence-corrected chi connectivity index (χ4v) is 5.68. The molecule has 2 N–H and O–H groups in total. The summed E-state index contributed by atoms with van der Waals surface area (Å²) >= 11 is 0. The van der Waals surface area contributed by atoms with E-state index in [1.807, 2.05) is 11.0 Å². The SMILES string of the molecule is CCCCC[C@H](O)C=C[C@@H]1[C@H]2CC(CCCCCC(=O)N3CCCC3)=C[C@H]2C[C@H]1O. The molecule has 1 saturated heterocycles. The van der Waals surface area contributed by atoms with E-state index in [1.54, 1.807) is 5.57 Å². The monoisotopic (exact) mass is 417 g/mol. The molecule has 1 saturated carbocycles. The van der Waals surface area contributed by atoms with E-state index < -0.39 is 0 Å². The molecule has 0 aromatic carbocycles. The smallest absolute Gasteiger partial charge is 0.222 e. The van der Waals surface area contributed by atoms with Crippen LogP contribution in [-0.2, 0) is 4.79 Å². The van der Waals surface area contributed by atoms with Gasteiger partial charge in [0.05, 0.1) is 12.2 Å². The van der Waals surface area contributed by atoms with Crippen LogP contribution < -0.4 is 0 Å².